The van der Waals surface area contributed by atoms with E-state index in [9.17, 15) is 9.18 Å². The fourth-order valence-electron chi connectivity index (χ4n) is 0.977. The predicted octanol–water partition coefficient (Wildman–Crippen LogP) is 3.23. The standard InChI is InChI=1S/C11H13ClFNO3/c1-6(2)5-16-11(15)17-10-4-9(14)8(13)3-7(10)12/h3-4,6H,5,14H2,1-2H3. The van der Waals surface area contributed by atoms with Gasteiger partial charge in [0, 0.05) is 6.07 Å². The van der Waals surface area contributed by atoms with Gasteiger partial charge in [-0.05, 0) is 12.0 Å². The van der Waals surface area contributed by atoms with Gasteiger partial charge in [-0.3, -0.25) is 0 Å². The van der Waals surface area contributed by atoms with Crippen LogP contribution in [0.25, 0.3) is 0 Å². The van der Waals surface area contributed by atoms with Gasteiger partial charge in [-0.15, -0.1) is 0 Å². The Balaban J connectivity index is 2.68. The Morgan fingerprint density at radius 3 is 2.76 bits per heavy atom. The first-order valence-corrected chi connectivity index (χ1v) is 5.37. The van der Waals surface area contributed by atoms with E-state index in [-0.39, 0.29) is 29.0 Å². The Labute approximate surface area is 103 Å². The lowest BCUT2D eigenvalue weighted by Crippen LogP contribution is -2.14. The fourth-order valence-corrected chi connectivity index (χ4v) is 1.17. The van der Waals surface area contributed by atoms with E-state index in [0.29, 0.717) is 0 Å². The summed E-state index contributed by atoms with van der Waals surface area (Å²) in [7, 11) is 0. The van der Waals surface area contributed by atoms with Crippen molar-refractivity contribution in [1.82, 2.24) is 0 Å². The Hall–Kier alpha value is -1.49. The van der Waals surface area contributed by atoms with E-state index in [1.807, 2.05) is 13.8 Å². The third-order valence-corrected chi connectivity index (χ3v) is 2.07. The number of nitrogen functional groups attached to an aromatic ring is 1. The maximum absolute atomic E-state index is 13.0. The summed E-state index contributed by atoms with van der Waals surface area (Å²) in [6, 6.07) is 2.11. The molecule has 6 heteroatoms. The van der Waals surface area contributed by atoms with Gasteiger partial charge in [0.15, 0.2) is 5.75 Å². The van der Waals surface area contributed by atoms with Crippen molar-refractivity contribution in [3.63, 3.8) is 0 Å². The van der Waals surface area contributed by atoms with E-state index in [2.05, 4.69) is 0 Å². The number of nitrogens with two attached hydrogens (primary N) is 1. The molecule has 17 heavy (non-hydrogen) atoms. The maximum Gasteiger partial charge on any atom is 0.513 e. The van der Waals surface area contributed by atoms with Crippen LogP contribution in [0.4, 0.5) is 14.9 Å². The molecular formula is C11H13ClFNO3. The van der Waals surface area contributed by atoms with Crippen molar-refractivity contribution >= 4 is 23.4 Å². The van der Waals surface area contributed by atoms with Crippen LogP contribution in [0.2, 0.25) is 5.02 Å². The average molecular weight is 262 g/mol. The lowest BCUT2D eigenvalue weighted by atomic mass is 10.2. The van der Waals surface area contributed by atoms with E-state index >= 15 is 0 Å². The second-order valence-corrected chi connectivity index (χ2v) is 4.27. The third kappa shape index (κ3) is 4.11. The number of carbonyl (C=O) groups excluding carboxylic acids is 1. The van der Waals surface area contributed by atoms with Crippen LogP contribution in [-0.2, 0) is 4.74 Å². The highest BCUT2D eigenvalue weighted by atomic mass is 35.5. The van der Waals surface area contributed by atoms with Gasteiger partial charge in [-0.1, -0.05) is 25.4 Å². The summed E-state index contributed by atoms with van der Waals surface area (Å²) < 4.78 is 22.5. The molecule has 4 nitrogen and oxygen atoms in total. The first-order valence-electron chi connectivity index (χ1n) is 4.99. The molecule has 0 bridgehead atoms. The lowest BCUT2D eigenvalue weighted by Gasteiger charge is -2.09. The Morgan fingerprint density at radius 2 is 2.18 bits per heavy atom. The van der Waals surface area contributed by atoms with Crippen LogP contribution in [0.3, 0.4) is 0 Å². The Bertz CT molecular complexity index is 423. The average Bonchev–Trinajstić information content (AvgIpc) is 2.23. The zero-order valence-electron chi connectivity index (χ0n) is 9.50. The highest BCUT2D eigenvalue weighted by molar-refractivity contribution is 6.32. The van der Waals surface area contributed by atoms with Crippen molar-refractivity contribution in [3.8, 4) is 5.75 Å². The quantitative estimate of drug-likeness (QED) is 0.515. The summed E-state index contributed by atoms with van der Waals surface area (Å²) in [5, 5.41) is -0.0433. The van der Waals surface area contributed by atoms with Gasteiger partial charge in [0.1, 0.15) is 5.82 Å². The van der Waals surface area contributed by atoms with Crippen molar-refractivity contribution in [1.29, 1.82) is 0 Å². The monoisotopic (exact) mass is 261 g/mol. The van der Waals surface area contributed by atoms with Crippen molar-refractivity contribution in [2.45, 2.75) is 13.8 Å². The summed E-state index contributed by atoms with van der Waals surface area (Å²) >= 11 is 5.68. The van der Waals surface area contributed by atoms with Crippen LogP contribution in [0.5, 0.6) is 5.75 Å². The molecule has 0 saturated carbocycles. The van der Waals surface area contributed by atoms with Gasteiger partial charge in [-0.2, -0.15) is 0 Å². The number of anilines is 1. The summed E-state index contributed by atoms with van der Waals surface area (Å²) in [6.07, 6.45) is -0.897. The molecule has 94 valence electrons. The smallest absolute Gasteiger partial charge is 0.434 e. The molecule has 0 spiro atoms. The summed E-state index contributed by atoms with van der Waals surface area (Å²) in [5.41, 5.74) is 5.17. The molecule has 0 aliphatic carbocycles. The number of hydrogen-bond donors (Lipinski definition) is 1. The lowest BCUT2D eigenvalue weighted by molar-refractivity contribution is 0.0886. The second kappa shape index (κ2) is 5.72. The number of carbonyl (C=O) groups is 1. The summed E-state index contributed by atoms with van der Waals surface area (Å²) in [6.45, 7) is 4.00. The van der Waals surface area contributed by atoms with Crippen LogP contribution in [0.1, 0.15) is 13.8 Å². The van der Waals surface area contributed by atoms with Crippen molar-refractivity contribution in [2.75, 3.05) is 12.3 Å². The van der Waals surface area contributed by atoms with Crippen molar-refractivity contribution in [3.05, 3.63) is 23.0 Å². The molecule has 0 saturated heterocycles. The predicted molar refractivity (Wildman–Crippen MR) is 62.6 cm³/mol. The molecule has 0 radical (unpaired) electrons. The fraction of sp³-hybridized carbons (Fsp3) is 0.364. The number of rotatable bonds is 3. The number of halogens is 2. The van der Waals surface area contributed by atoms with E-state index in [1.54, 1.807) is 0 Å². The van der Waals surface area contributed by atoms with Gasteiger partial charge in [-0.25, -0.2) is 9.18 Å². The zero-order chi connectivity index (χ0) is 13.0. The van der Waals surface area contributed by atoms with Gasteiger partial charge >= 0.3 is 6.16 Å². The minimum atomic E-state index is -0.897. The van der Waals surface area contributed by atoms with E-state index in [1.165, 1.54) is 0 Å². The third-order valence-electron chi connectivity index (χ3n) is 1.78. The molecule has 0 aliphatic rings. The highest BCUT2D eigenvalue weighted by Gasteiger charge is 2.13. The summed E-state index contributed by atoms with van der Waals surface area (Å²) in [4.78, 5) is 11.2. The number of hydrogen-bond acceptors (Lipinski definition) is 4. The zero-order valence-corrected chi connectivity index (χ0v) is 10.3. The van der Waals surface area contributed by atoms with Gasteiger partial charge < -0.3 is 15.2 Å². The molecule has 1 rings (SSSR count). The first-order chi connectivity index (χ1) is 7.90. The topological polar surface area (TPSA) is 61.5 Å². The molecular weight excluding hydrogens is 249 g/mol. The van der Waals surface area contributed by atoms with Gasteiger partial charge in [0.05, 0.1) is 17.3 Å². The second-order valence-electron chi connectivity index (χ2n) is 3.86. The molecule has 1 aromatic carbocycles. The minimum absolute atomic E-state index is 0.0284. The number of ether oxygens (including phenoxy) is 2. The molecule has 0 aliphatic heterocycles. The van der Waals surface area contributed by atoms with Crippen LogP contribution in [0.15, 0.2) is 12.1 Å². The Morgan fingerprint density at radius 1 is 1.53 bits per heavy atom. The van der Waals surface area contributed by atoms with Crippen molar-refractivity contribution < 1.29 is 18.7 Å². The van der Waals surface area contributed by atoms with Crippen LogP contribution in [0, 0.1) is 11.7 Å². The van der Waals surface area contributed by atoms with Crippen LogP contribution in [-0.4, -0.2) is 12.8 Å². The normalized spacial score (nSPS) is 10.4. The SMILES string of the molecule is CC(C)COC(=O)Oc1cc(N)c(F)cc1Cl. The van der Waals surface area contributed by atoms with E-state index in [0.717, 1.165) is 12.1 Å². The largest absolute Gasteiger partial charge is 0.513 e. The molecule has 0 aromatic heterocycles. The van der Waals surface area contributed by atoms with Crippen LogP contribution < -0.4 is 10.5 Å². The molecule has 0 amide bonds. The molecule has 0 heterocycles. The number of benzene rings is 1. The minimum Gasteiger partial charge on any atom is -0.434 e. The first kappa shape index (κ1) is 13.6. The van der Waals surface area contributed by atoms with Gasteiger partial charge in [0.25, 0.3) is 0 Å². The highest BCUT2D eigenvalue weighted by Crippen LogP contribution is 2.29. The van der Waals surface area contributed by atoms with E-state index < -0.39 is 12.0 Å². The van der Waals surface area contributed by atoms with Gasteiger partial charge in [0.2, 0.25) is 0 Å². The molecule has 1 aromatic rings. The van der Waals surface area contributed by atoms with E-state index in [4.69, 9.17) is 26.8 Å². The molecule has 0 fully saturated rings. The molecule has 0 unspecified atom stereocenters. The van der Waals surface area contributed by atoms with Crippen LogP contribution >= 0.6 is 11.6 Å². The Kier molecular flexibility index (Phi) is 4.57. The maximum atomic E-state index is 13.0. The van der Waals surface area contributed by atoms with Crippen molar-refractivity contribution in [2.24, 2.45) is 5.92 Å². The molecule has 0 atom stereocenters. The summed E-state index contributed by atoms with van der Waals surface area (Å²) in [5.74, 6) is -0.506. The molecule has 2 N–H and O–H groups in total.